The van der Waals surface area contributed by atoms with Crippen LogP contribution in [0.2, 0.25) is 0 Å². The zero-order chi connectivity index (χ0) is 62.8. The number of thiocarbonyl (C=S) groups is 1. The largest absolute Gasteiger partial charge is 0.416 e. The molecule has 23 heteroatoms. The van der Waals surface area contributed by atoms with Gasteiger partial charge in [-0.15, -0.1) is 45.6 Å². The van der Waals surface area contributed by atoms with Crippen LogP contribution < -0.4 is 27.0 Å². The number of thiazole rings is 3. The molecule has 7 heterocycles. The van der Waals surface area contributed by atoms with Crippen LogP contribution >= 0.6 is 57.8 Å². The first kappa shape index (κ1) is 64.2. The second-order valence-corrected chi connectivity index (χ2v) is 25.6. The molecule has 464 valence electrons. The van der Waals surface area contributed by atoms with Crippen molar-refractivity contribution in [1.82, 2.24) is 43.0 Å². The minimum atomic E-state index is -4.53. The number of rotatable bonds is 16. The second kappa shape index (κ2) is 29.2. The van der Waals surface area contributed by atoms with Gasteiger partial charge in [-0.2, -0.15) is 13.2 Å². The van der Waals surface area contributed by atoms with Crippen LogP contribution in [0.15, 0.2) is 156 Å². The Balaban J connectivity index is 0.000000142. The number of anilines is 7. The molecule has 1 aliphatic rings. The van der Waals surface area contributed by atoms with E-state index >= 15 is 0 Å². The number of halogens is 5. The zero-order valence-corrected chi connectivity index (χ0v) is 54.3. The van der Waals surface area contributed by atoms with Crippen molar-refractivity contribution < 1.29 is 17.6 Å². The van der Waals surface area contributed by atoms with Crippen LogP contribution in [0.1, 0.15) is 60.3 Å². The van der Waals surface area contributed by atoms with Gasteiger partial charge in [0.05, 0.1) is 28.5 Å². The summed E-state index contributed by atoms with van der Waals surface area (Å²) >= 11 is 15.2. The van der Waals surface area contributed by atoms with Crippen molar-refractivity contribution in [3.63, 3.8) is 0 Å². The highest BCUT2D eigenvalue weighted by Crippen LogP contribution is 2.36. The molecule has 7 aromatic heterocycles. The second-order valence-electron chi connectivity index (χ2n) is 22.3. The van der Waals surface area contributed by atoms with E-state index in [4.69, 9.17) is 34.5 Å². The van der Waals surface area contributed by atoms with E-state index in [2.05, 4.69) is 154 Å². The van der Waals surface area contributed by atoms with E-state index < -0.39 is 17.6 Å². The third kappa shape index (κ3) is 16.5. The summed E-state index contributed by atoms with van der Waals surface area (Å²) in [6.07, 6.45) is 9.24. The van der Waals surface area contributed by atoms with Crippen LogP contribution in [0.25, 0.3) is 43.6 Å². The molecule has 1 aliphatic carbocycles. The third-order valence-electron chi connectivity index (χ3n) is 15.4. The van der Waals surface area contributed by atoms with E-state index in [1.165, 1.54) is 39.6 Å². The van der Waals surface area contributed by atoms with Crippen LogP contribution in [-0.2, 0) is 59.9 Å². The summed E-state index contributed by atoms with van der Waals surface area (Å²) in [5.41, 5.74) is 16.2. The summed E-state index contributed by atoms with van der Waals surface area (Å²) in [5, 5.41) is 26.6. The lowest BCUT2D eigenvalue weighted by Crippen LogP contribution is -2.31. The molecule has 0 spiro atoms. The molecule has 5 aromatic carbocycles. The van der Waals surface area contributed by atoms with Gasteiger partial charge in [0.1, 0.15) is 5.82 Å². The van der Waals surface area contributed by atoms with Gasteiger partial charge in [0.2, 0.25) is 0 Å². The van der Waals surface area contributed by atoms with Crippen molar-refractivity contribution >= 4 is 145 Å². The average molecular weight is 1300 g/mol. The van der Waals surface area contributed by atoms with Crippen LogP contribution in [0.4, 0.5) is 55.7 Å². The number of aryl methyl sites for hydroxylation is 4. The molecule has 0 saturated heterocycles. The molecule has 0 aliphatic heterocycles. The number of nitrogens with one attached hydrogen (secondary N) is 4. The number of hydrogen-bond donors (Lipinski definition) is 5. The van der Waals surface area contributed by atoms with Gasteiger partial charge in [-0.25, -0.2) is 19.3 Å². The standard InChI is InChI=1S/C28H30F4N4S.C15H18N4S.C13H12ClN3S.C10H11N3S/c1-35-13-12-23-25(8-5-9-26(23)35)34-27-33-22(18-37-27)17-36(15-19-6-3-2-4-7-19)16-20-14-21(29)10-11-24(20)28(30,31)32;1-18(2)9-11-10-20-15(16-11)17-13-5-4-6-14-12(13)7-8-19(14)3;1-17-6-5-10-11(3-2-4-12(10)17)16-13-15-9(7-14)8-18-13;1-13-6-5-7-8(12-10(11)14)3-2-4-9(7)13/h5,8-14,18-19H,2-4,6-7,15-17H2,1H3,(H,33,34);4-8,10H,9H2,1-3H3,(H,16,17);2-6,8H,7H2,1H3,(H,15,16);2-6H,1H3,(H3,11,12,14). The Kier molecular flexibility index (Phi) is 21.1. The lowest BCUT2D eigenvalue weighted by molar-refractivity contribution is -0.138. The molecule has 0 radical (unpaired) electrons. The number of nitrogens with zero attached hydrogens (tertiary/aromatic N) is 9. The highest BCUT2D eigenvalue weighted by molar-refractivity contribution is 7.80. The summed E-state index contributed by atoms with van der Waals surface area (Å²) in [7, 11) is 12.2. The molecule has 0 unspecified atom stereocenters. The monoisotopic (exact) mass is 1300 g/mol. The van der Waals surface area contributed by atoms with Gasteiger partial charge in [0.15, 0.2) is 20.5 Å². The van der Waals surface area contributed by atoms with E-state index in [9.17, 15) is 17.6 Å². The SMILES string of the molecule is CN(C)Cc1csc(Nc2cccc3c2ccn3C)n1.Cn1ccc2c(NC(N)=S)cccc21.Cn1ccc2c(Nc3nc(CCl)cs3)cccc21.Cn1ccc2c(Nc3nc(CN(Cc4cc(F)ccc4C(F)(F)F)CC4CCCCC4)cs3)cccc21. The van der Waals surface area contributed by atoms with E-state index in [1.54, 1.807) is 22.7 Å². The van der Waals surface area contributed by atoms with Gasteiger partial charge in [0, 0.05) is 162 Å². The lowest BCUT2D eigenvalue weighted by atomic mass is 9.88. The van der Waals surface area contributed by atoms with E-state index in [1.807, 2.05) is 85.6 Å². The maximum Gasteiger partial charge on any atom is 0.416 e. The van der Waals surface area contributed by atoms with Gasteiger partial charge in [-0.05, 0) is 142 Å². The average Bonchev–Trinajstić information content (AvgIpc) is 2.60. The molecule has 6 N–H and O–H groups in total. The van der Waals surface area contributed by atoms with Gasteiger partial charge in [0.25, 0.3) is 0 Å². The summed E-state index contributed by atoms with van der Waals surface area (Å²) in [6, 6.07) is 35.6. The minimum absolute atomic E-state index is 0.0206. The Morgan fingerprint density at radius 3 is 1.42 bits per heavy atom. The van der Waals surface area contributed by atoms with Crippen molar-refractivity contribution in [3.05, 3.63) is 190 Å². The Labute approximate surface area is 537 Å². The van der Waals surface area contributed by atoms with E-state index in [0.717, 1.165) is 127 Å². The molecule has 1 fully saturated rings. The van der Waals surface area contributed by atoms with Crippen molar-refractivity contribution in [2.75, 3.05) is 41.9 Å². The summed E-state index contributed by atoms with van der Waals surface area (Å²) in [6.45, 7) is 1.95. The zero-order valence-electron chi connectivity index (χ0n) is 50.3. The first-order chi connectivity index (χ1) is 42.8. The van der Waals surface area contributed by atoms with Crippen LogP contribution in [0, 0.1) is 11.7 Å². The van der Waals surface area contributed by atoms with Crippen molar-refractivity contribution in [3.8, 4) is 0 Å². The Hall–Kier alpha value is -7.83. The predicted molar refractivity (Wildman–Crippen MR) is 367 cm³/mol. The molecule has 14 nitrogen and oxygen atoms in total. The van der Waals surface area contributed by atoms with Crippen LogP contribution in [0.5, 0.6) is 0 Å². The Morgan fingerprint density at radius 2 is 1.00 bits per heavy atom. The molecule has 0 atom stereocenters. The number of alkyl halides is 4. The smallest absolute Gasteiger partial charge is 0.376 e. The lowest BCUT2D eigenvalue weighted by Gasteiger charge is -2.30. The number of fused-ring (bicyclic) bond motifs is 4. The van der Waals surface area contributed by atoms with Crippen molar-refractivity contribution in [1.29, 1.82) is 0 Å². The summed E-state index contributed by atoms with van der Waals surface area (Å²) < 4.78 is 63.4. The van der Waals surface area contributed by atoms with Gasteiger partial charge < -0.3 is 50.2 Å². The molecule has 1 saturated carbocycles. The van der Waals surface area contributed by atoms with Crippen LogP contribution in [-0.4, -0.2) is 68.8 Å². The van der Waals surface area contributed by atoms with E-state index in [0.29, 0.717) is 30.0 Å². The molecule has 13 rings (SSSR count). The predicted octanol–water partition coefficient (Wildman–Crippen LogP) is 17.5. The first-order valence-corrected chi connectivity index (χ1v) is 32.6. The summed E-state index contributed by atoms with van der Waals surface area (Å²) in [5.74, 6) is 0.215. The number of aromatic nitrogens is 7. The molecule has 89 heavy (non-hydrogen) atoms. The van der Waals surface area contributed by atoms with Gasteiger partial charge in [-0.3, -0.25) is 4.90 Å². The van der Waals surface area contributed by atoms with Crippen LogP contribution in [0.3, 0.4) is 0 Å². The third-order valence-corrected chi connectivity index (χ3v) is 18.2. The quantitative estimate of drug-likeness (QED) is 0.0359. The highest BCUT2D eigenvalue weighted by atomic mass is 35.5. The number of nitrogens with two attached hydrogens (primary N) is 1. The maximum absolute atomic E-state index is 14.0. The topological polar surface area (TPSA) is 139 Å². The fraction of sp³-hybridized carbons (Fsp3) is 0.273. The normalized spacial score (nSPS) is 12.7. The van der Waals surface area contributed by atoms with E-state index in [-0.39, 0.29) is 12.1 Å². The fourth-order valence-corrected chi connectivity index (χ4v) is 13.6. The molecule has 0 amide bonds. The fourth-order valence-electron chi connectivity index (χ4n) is 11.1. The summed E-state index contributed by atoms with van der Waals surface area (Å²) in [4.78, 5) is 17.9. The molecule has 0 bridgehead atoms. The molecule has 12 aromatic rings. The molecular formula is C66H71ClF4N14S4. The Bertz CT molecular complexity index is 4320. The number of benzene rings is 5. The Morgan fingerprint density at radius 1 is 0.584 bits per heavy atom. The minimum Gasteiger partial charge on any atom is -0.376 e. The highest BCUT2D eigenvalue weighted by Gasteiger charge is 2.34. The molecular weight excluding hydrogens is 1230 g/mol. The van der Waals surface area contributed by atoms with Gasteiger partial charge >= 0.3 is 6.18 Å². The first-order valence-electron chi connectivity index (χ1n) is 29.0. The van der Waals surface area contributed by atoms with Gasteiger partial charge in [-0.1, -0.05) is 43.5 Å². The van der Waals surface area contributed by atoms with Crippen molar-refractivity contribution in [2.45, 2.75) is 63.8 Å². The van der Waals surface area contributed by atoms with Crippen molar-refractivity contribution in [2.24, 2.45) is 39.8 Å². The number of hydrogen-bond acceptors (Lipinski definition) is 12. The maximum atomic E-state index is 14.0.